The van der Waals surface area contributed by atoms with Crippen LogP contribution in [0.15, 0.2) is 0 Å². The van der Waals surface area contributed by atoms with E-state index in [1.165, 1.54) is 7.11 Å². The first-order valence-corrected chi connectivity index (χ1v) is 6.05. The van der Waals surface area contributed by atoms with Gasteiger partial charge in [0.25, 0.3) is 0 Å². The molecule has 0 bridgehead atoms. The molecule has 1 fully saturated rings. The molecule has 1 saturated heterocycles. The van der Waals surface area contributed by atoms with Crippen molar-refractivity contribution >= 4 is 5.97 Å². The van der Waals surface area contributed by atoms with Crippen molar-refractivity contribution < 1.29 is 14.3 Å². The lowest BCUT2D eigenvalue weighted by Crippen LogP contribution is -2.41. The summed E-state index contributed by atoms with van der Waals surface area (Å²) in [6.45, 7) is 5.72. The first-order chi connectivity index (χ1) is 7.63. The molecule has 16 heavy (non-hydrogen) atoms. The number of methoxy groups -OCH3 is 1. The molecule has 0 aromatic heterocycles. The summed E-state index contributed by atoms with van der Waals surface area (Å²) in [7, 11) is 1.44. The van der Waals surface area contributed by atoms with Crippen LogP contribution in [0.5, 0.6) is 0 Å². The van der Waals surface area contributed by atoms with Crippen molar-refractivity contribution in [2.45, 2.75) is 45.2 Å². The van der Waals surface area contributed by atoms with Crippen LogP contribution in [-0.4, -0.2) is 38.4 Å². The fraction of sp³-hybridized carbons (Fsp3) is 0.917. The quantitative estimate of drug-likeness (QED) is 0.723. The van der Waals surface area contributed by atoms with Crippen molar-refractivity contribution in [3.8, 4) is 0 Å². The van der Waals surface area contributed by atoms with E-state index in [0.717, 1.165) is 32.5 Å². The number of hydrogen-bond donors (Lipinski definition) is 1. The van der Waals surface area contributed by atoms with Gasteiger partial charge in [-0.05, 0) is 26.2 Å². The Morgan fingerprint density at radius 1 is 1.44 bits per heavy atom. The molecule has 0 aliphatic carbocycles. The van der Waals surface area contributed by atoms with Crippen LogP contribution in [0.25, 0.3) is 0 Å². The zero-order valence-corrected chi connectivity index (χ0v) is 10.5. The highest BCUT2D eigenvalue weighted by atomic mass is 16.5. The first-order valence-electron chi connectivity index (χ1n) is 6.05. The van der Waals surface area contributed by atoms with Crippen LogP contribution in [0.2, 0.25) is 0 Å². The molecule has 1 heterocycles. The molecule has 2 atom stereocenters. The maximum Gasteiger partial charge on any atom is 0.308 e. The average molecular weight is 229 g/mol. The Hall–Kier alpha value is -0.610. The fourth-order valence-electron chi connectivity index (χ4n) is 2.16. The van der Waals surface area contributed by atoms with E-state index in [2.05, 4.69) is 12.2 Å². The van der Waals surface area contributed by atoms with Gasteiger partial charge in [-0.15, -0.1) is 0 Å². The molecule has 1 N–H and O–H groups in total. The third kappa shape index (κ3) is 4.49. The Morgan fingerprint density at radius 2 is 2.06 bits per heavy atom. The normalized spacial score (nSPS) is 21.4. The van der Waals surface area contributed by atoms with Gasteiger partial charge in [-0.2, -0.15) is 0 Å². The Morgan fingerprint density at radius 3 is 2.62 bits per heavy atom. The van der Waals surface area contributed by atoms with Crippen molar-refractivity contribution in [3.63, 3.8) is 0 Å². The maximum atomic E-state index is 11.3. The second-order valence-electron chi connectivity index (χ2n) is 4.61. The third-order valence-electron chi connectivity index (χ3n) is 3.05. The van der Waals surface area contributed by atoms with E-state index in [1.807, 2.05) is 6.92 Å². The van der Waals surface area contributed by atoms with E-state index in [9.17, 15) is 4.79 Å². The first kappa shape index (κ1) is 13.5. The van der Waals surface area contributed by atoms with Gasteiger partial charge in [0, 0.05) is 25.3 Å². The summed E-state index contributed by atoms with van der Waals surface area (Å²) in [5, 5.41) is 3.54. The standard InChI is InChI=1S/C12H23NO3/c1-9(12(14)15-3)8-10(2)13-11-4-6-16-7-5-11/h9-11,13H,4-8H2,1-3H3. The molecule has 4 nitrogen and oxygen atoms in total. The van der Waals surface area contributed by atoms with Crippen molar-refractivity contribution in [2.24, 2.45) is 5.92 Å². The summed E-state index contributed by atoms with van der Waals surface area (Å²) in [4.78, 5) is 11.3. The van der Waals surface area contributed by atoms with Crippen molar-refractivity contribution in [1.29, 1.82) is 0 Å². The van der Waals surface area contributed by atoms with Crippen LogP contribution in [0, 0.1) is 5.92 Å². The Kier molecular flexibility index (Phi) is 5.77. The number of nitrogens with one attached hydrogen (secondary N) is 1. The van der Waals surface area contributed by atoms with Crippen LogP contribution in [0.1, 0.15) is 33.1 Å². The Bertz CT molecular complexity index is 214. The van der Waals surface area contributed by atoms with Gasteiger partial charge in [-0.1, -0.05) is 6.92 Å². The number of ether oxygens (including phenoxy) is 2. The minimum Gasteiger partial charge on any atom is -0.469 e. The van der Waals surface area contributed by atoms with Gasteiger partial charge >= 0.3 is 5.97 Å². The average Bonchev–Trinajstić information content (AvgIpc) is 2.29. The van der Waals surface area contributed by atoms with Crippen LogP contribution in [-0.2, 0) is 14.3 Å². The highest BCUT2D eigenvalue weighted by Crippen LogP contribution is 2.12. The molecule has 0 saturated carbocycles. The lowest BCUT2D eigenvalue weighted by Gasteiger charge is -2.27. The summed E-state index contributed by atoms with van der Waals surface area (Å²) < 4.78 is 10.0. The van der Waals surface area contributed by atoms with Crippen LogP contribution in [0.3, 0.4) is 0 Å². The minimum atomic E-state index is -0.124. The Labute approximate surface area is 97.7 Å². The number of carbonyl (C=O) groups excluding carboxylic acids is 1. The Balaban J connectivity index is 2.23. The lowest BCUT2D eigenvalue weighted by molar-refractivity contribution is -0.145. The summed E-state index contributed by atoms with van der Waals surface area (Å²) in [5.74, 6) is -0.159. The lowest BCUT2D eigenvalue weighted by atomic mass is 10.0. The summed E-state index contributed by atoms with van der Waals surface area (Å²) in [6, 6.07) is 0.880. The van der Waals surface area contributed by atoms with Gasteiger partial charge in [0.15, 0.2) is 0 Å². The number of carbonyl (C=O) groups is 1. The topological polar surface area (TPSA) is 47.6 Å². The van der Waals surface area contributed by atoms with Crippen molar-refractivity contribution in [1.82, 2.24) is 5.32 Å². The summed E-state index contributed by atoms with van der Waals surface area (Å²) in [6.07, 6.45) is 2.96. The third-order valence-corrected chi connectivity index (χ3v) is 3.05. The molecule has 0 aromatic carbocycles. The van der Waals surface area contributed by atoms with Crippen LogP contribution >= 0.6 is 0 Å². The molecule has 1 rings (SSSR count). The molecule has 94 valence electrons. The monoisotopic (exact) mass is 229 g/mol. The predicted molar refractivity (Wildman–Crippen MR) is 62.2 cm³/mol. The van der Waals surface area contributed by atoms with E-state index in [1.54, 1.807) is 0 Å². The van der Waals surface area contributed by atoms with Crippen molar-refractivity contribution in [3.05, 3.63) is 0 Å². The number of esters is 1. The number of rotatable bonds is 5. The summed E-state index contributed by atoms with van der Waals surface area (Å²) >= 11 is 0. The molecule has 4 heteroatoms. The second kappa shape index (κ2) is 6.86. The van der Waals surface area contributed by atoms with Gasteiger partial charge < -0.3 is 14.8 Å². The summed E-state index contributed by atoms with van der Waals surface area (Å²) in [5.41, 5.74) is 0. The van der Waals surface area contributed by atoms with Gasteiger partial charge in [0.2, 0.25) is 0 Å². The van der Waals surface area contributed by atoms with Gasteiger partial charge in [-0.25, -0.2) is 0 Å². The molecular weight excluding hydrogens is 206 g/mol. The SMILES string of the molecule is COC(=O)C(C)CC(C)NC1CCOCC1. The smallest absolute Gasteiger partial charge is 0.308 e. The van der Waals surface area contributed by atoms with Gasteiger partial charge in [0.1, 0.15) is 0 Å². The number of hydrogen-bond acceptors (Lipinski definition) is 4. The minimum absolute atomic E-state index is 0.0349. The molecule has 2 unspecified atom stereocenters. The predicted octanol–water partition coefficient (Wildman–Crippen LogP) is 1.34. The van der Waals surface area contributed by atoms with E-state index in [-0.39, 0.29) is 11.9 Å². The van der Waals surface area contributed by atoms with Crippen LogP contribution < -0.4 is 5.32 Å². The molecule has 1 aliphatic heterocycles. The molecule has 0 aromatic rings. The largest absolute Gasteiger partial charge is 0.469 e. The molecule has 0 spiro atoms. The molecular formula is C12H23NO3. The van der Waals surface area contributed by atoms with Gasteiger partial charge in [0.05, 0.1) is 13.0 Å². The highest BCUT2D eigenvalue weighted by Gasteiger charge is 2.20. The molecule has 1 aliphatic rings. The van der Waals surface area contributed by atoms with E-state index in [0.29, 0.717) is 12.1 Å². The van der Waals surface area contributed by atoms with E-state index in [4.69, 9.17) is 9.47 Å². The molecule has 0 radical (unpaired) electrons. The second-order valence-corrected chi connectivity index (χ2v) is 4.61. The highest BCUT2D eigenvalue weighted by molar-refractivity contribution is 5.71. The fourth-order valence-corrected chi connectivity index (χ4v) is 2.16. The maximum absolute atomic E-state index is 11.3. The van der Waals surface area contributed by atoms with Crippen molar-refractivity contribution in [2.75, 3.05) is 20.3 Å². The van der Waals surface area contributed by atoms with E-state index < -0.39 is 0 Å². The van der Waals surface area contributed by atoms with Crippen LogP contribution in [0.4, 0.5) is 0 Å². The zero-order chi connectivity index (χ0) is 12.0. The zero-order valence-electron chi connectivity index (χ0n) is 10.5. The van der Waals surface area contributed by atoms with E-state index >= 15 is 0 Å². The molecule has 0 amide bonds. The van der Waals surface area contributed by atoms with Gasteiger partial charge in [-0.3, -0.25) is 4.79 Å².